The summed E-state index contributed by atoms with van der Waals surface area (Å²) >= 11 is 0. The van der Waals surface area contributed by atoms with Gasteiger partial charge in [-0.25, -0.2) is 4.98 Å². The van der Waals surface area contributed by atoms with E-state index in [-0.39, 0.29) is 6.23 Å². The van der Waals surface area contributed by atoms with Crippen molar-refractivity contribution in [2.24, 2.45) is 0 Å². The van der Waals surface area contributed by atoms with Gasteiger partial charge in [0.2, 0.25) is 0 Å². The van der Waals surface area contributed by atoms with Crippen LogP contribution < -0.4 is 20.5 Å². The average molecular weight is 403 g/mol. The Labute approximate surface area is 176 Å². The molecule has 0 radical (unpaired) electrons. The number of ether oxygens (including phenoxy) is 3. The normalized spacial score (nSPS) is 15.9. The quantitative estimate of drug-likeness (QED) is 0.659. The third-order valence-corrected chi connectivity index (χ3v) is 5.26. The Morgan fingerprint density at radius 3 is 2.30 bits per heavy atom. The van der Waals surface area contributed by atoms with Gasteiger partial charge in [-0.3, -0.25) is 0 Å². The maximum Gasteiger partial charge on any atom is 0.149 e. The highest BCUT2D eigenvalue weighted by Crippen LogP contribution is 2.35. The Bertz CT molecular complexity index is 1150. The minimum atomic E-state index is -0.0923. The zero-order valence-corrected chi connectivity index (χ0v) is 17.5. The maximum absolute atomic E-state index is 6.29. The van der Waals surface area contributed by atoms with E-state index in [2.05, 4.69) is 28.5 Å². The average Bonchev–Trinajstić information content (AvgIpc) is 2.77. The van der Waals surface area contributed by atoms with E-state index in [1.165, 1.54) is 0 Å². The Morgan fingerprint density at radius 1 is 0.933 bits per heavy atom. The van der Waals surface area contributed by atoms with E-state index >= 15 is 0 Å². The number of fused-ring (bicyclic) bond motifs is 1. The number of allylic oxidation sites excluding steroid dienone is 2. The van der Waals surface area contributed by atoms with Gasteiger partial charge in [-0.1, -0.05) is 6.07 Å². The third-order valence-electron chi connectivity index (χ3n) is 5.26. The second-order valence-corrected chi connectivity index (χ2v) is 7.20. The van der Waals surface area contributed by atoms with Gasteiger partial charge in [-0.15, -0.1) is 0 Å². The van der Waals surface area contributed by atoms with Gasteiger partial charge in [-0.05, 0) is 65.6 Å². The Morgan fingerprint density at radius 2 is 1.67 bits per heavy atom. The molecule has 0 saturated heterocycles. The molecule has 0 saturated carbocycles. The lowest BCUT2D eigenvalue weighted by atomic mass is 9.98. The number of nitrogens with one attached hydrogen (secondary N) is 1. The zero-order chi connectivity index (χ0) is 21.3. The Balaban J connectivity index is 1.79. The molecule has 154 valence electrons. The number of nitrogen functional groups attached to an aromatic ring is 1. The molecule has 0 spiro atoms. The van der Waals surface area contributed by atoms with Crippen molar-refractivity contribution in [2.45, 2.75) is 13.2 Å². The molecule has 2 heterocycles. The molecule has 0 amide bonds. The van der Waals surface area contributed by atoms with E-state index in [0.29, 0.717) is 17.3 Å². The van der Waals surface area contributed by atoms with Crippen molar-refractivity contribution >= 4 is 22.3 Å². The number of hydrogen-bond donors (Lipinski definition) is 2. The molecule has 1 aliphatic heterocycles. The van der Waals surface area contributed by atoms with Crippen molar-refractivity contribution in [2.75, 3.05) is 27.1 Å². The number of methoxy groups -OCH3 is 3. The number of hydrogen-bond acceptors (Lipinski definition) is 6. The lowest BCUT2D eigenvalue weighted by Crippen LogP contribution is -2.29. The van der Waals surface area contributed by atoms with Gasteiger partial charge in [0, 0.05) is 30.3 Å². The van der Waals surface area contributed by atoms with Crippen molar-refractivity contribution in [3.63, 3.8) is 0 Å². The largest absolute Gasteiger partial charge is 0.497 e. The summed E-state index contributed by atoms with van der Waals surface area (Å²) in [5.41, 5.74) is 12.2. The fourth-order valence-corrected chi connectivity index (χ4v) is 3.65. The number of aromatic nitrogens is 1. The number of nitrogens with zero attached hydrogens (tertiary/aromatic N) is 1. The number of pyridine rings is 1. The van der Waals surface area contributed by atoms with E-state index in [0.717, 1.165) is 38.7 Å². The topological polar surface area (TPSA) is 78.6 Å². The summed E-state index contributed by atoms with van der Waals surface area (Å²) in [7, 11) is 4.94. The summed E-state index contributed by atoms with van der Waals surface area (Å²) in [6.45, 7) is 2.05. The minimum absolute atomic E-state index is 0.0923. The highest BCUT2D eigenvalue weighted by molar-refractivity contribution is 5.92. The smallest absolute Gasteiger partial charge is 0.149 e. The van der Waals surface area contributed by atoms with Gasteiger partial charge in [0.05, 0.1) is 19.7 Å². The van der Waals surface area contributed by atoms with E-state index in [1.807, 2.05) is 43.5 Å². The molecule has 6 heteroatoms. The van der Waals surface area contributed by atoms with E-state index in [1.54, 1.807) is 21.3 Å². The Hall–Kier alpha value is -3.51. The van der Waals surface area contributed by atoms with Crippen LogP contribution in [0.5, 0.6) is 11.5 Å². The highest BCUT2D eigenvalue weighted by atomic mass is 16.5. The monoisotopic (exact) mass is 403 g/mol. The van der Waals surface area contributed by atoms with Gasteiger partial charge in [0.25, 0.3) is 0 Å². The molecule has 1 unspecified atom stereocenters. The first-order chi connectivity index (χ1) is 14.5. The second-order valence-electron chi connectivity index (χ2n) is 7.20. The molecule has 2 aromatic carbocycles. The predicted octanol–water partition coefficient (Wildman–Crippen LogP) is 4.36. The van der Waals surface area contributed by atoms with Crippen molar-refractivity contribution in [3.8, 4) is 22.6 Å². The molecular formula is C24H25N3O3. The first-order valence-corrected chi connectivity index (χ1v) is 9.63. The van der Waals surface area contributed by atoms with Gasteiger partial charge >= 0.3 is 0 Å². The molecular weight excluding hydrogens is 378 g/mol. The summed E-state index contributed by atoms with van der Waals surface area (Å²) < 4.78 is 16.2. The third kappa shape index (κ3) is 3.69. The minimum Gasteiger partial charge on any atom is -0.497 e. The van der Waals surface area contributed by atoms with Gasteiger partial charge in [-0.2, -0.15) is 0 Å². The first-order valence-electron chi connectivity index (χ1n) is 9.63. The second kappa shape index (κ2) is 8.08. The van der Waals surface area contributed by atoms with Crippen LogP contribution in [-0.2, 0) is 4.74 Å². The molecule has 4 rings (SSSR count). The van der Waals surface area contributed by atoms with Gasteiger partial charge in [0.1, 0.15) is 23.5 Å². The standard InChI is InChI=1S/C24H25N3O3/c1-14-7-18(13-26-24(14)30-4)15-5-6-22-17(8-15)11-21(23(25)27-22)16-9-19(28-2)12-20(10-16)29-3/h5-13,24,26H,1-4H3,(H2,25,27). The van der Waals surface area contributed by atoms with Crippen molar-refractivity contribution < 1.29 is 14.2 Å². The zero-order valence-electron chi connectivity index (χ0n) is 17.5. The highest BCUT2D eigenvalue weighted by Gasteiger charge is 2.15. The fraction of sp³-hybridized carbons (Fsp3) is 0.208. The van der Waals surface area contributed by atoms with Crippen LogP contribution in [0.4, 0.5) is 5.82 Å². The molecule has 1 aliphatic rings. The van der Waals surface area contributed by atoms with E-state index < -0.39 is 0 Å². The van der Waals surface area contributed by atoms with Crippen molar-refractivity contribution in [1.82, 2.24) is 10.3 Å². The van der Waals surface area contributed by atoms with Crippen LogP contribution in [0, 0.1) is 0 Å². The summed E-state index contributed by atoms with van der Waals surface area (Å²) in [6, 6.07) is 13.9. The summed E-state index contributed by atoms with van der Waals surface area (Å²) in [5.74, 6) is 1.86. The number of rotatable bonds is 5. The van der Waals surface area contributed by atoms with Crippen LogP contribution in [0.25, 0.3) is 27.6 Å². The van der Waals surface area contributed by atoms with Crippen LogP contribution >= 0.6 is 0 Å². The van der Waals surface area contributed by atoms with Crippen molar-refractivity contribution in [3.05, 3.63) is 65.9 Å². The number of anilines is 1. The number of nitrogens with two attached hydrogens (primary N) is 1. The van der Waals surface area contributed by atoms with E-state index in [9.17, 15) is 0 Å². The summed E-state index contributed by atoms with van der Waals surface area (Å²) in [4.78, 5) is 4.62. The van der Waals surface area contributed by atoms with E-state index in [4.69, 9.17) is 19.9 Å². The molecule has 3 N–H and O–H groups in total. The molecule has 0 aliphatic carbocycles. The van der Waals surface area contributed by atoms with Crippen LogP contribution in [0.2, 0.25) is 0 Å². The van der Waals surface area contributed by atoms with Gasteiger partial charge in [0.15, 0.2) is 0 Å². The molecule has 6 nitrogen and oxygen atoms in total. The summed E-state index contributed by atoms with van der Waals surface area (Å²) in [5, 5.41) is 4.27. The summed E-state index contributed by atoms with van der Waals surface area (Å²) in [6.07, 6.45) is 4.01. The number of benzene rings is 2. The predicted molar refractivity (Wildman–Crippen MR) is 120 cm³/mol. The molecule has 0 fully saturated rings. The van der Waals surface area contributed by atoms with Crippen LogP contribution in [-0.4, -0.2) is 32.5 Å². The van der Waals surface area contributed by atoms with Crippen LogP contribution in [0.3, 0.4) is 0 Å². The number of dihydropyridines is 1. The van der Waals surface area contributed by atoms with Gasteiger partial charge < -0.3 is 25.3 Å². The molecule has 1 atom stereocenters. The molecule has 3 aromatic rings. The molecule has 30 heavy (non-hydrogen) atoms. The Kier molecular flexibility index (Phi) is 5.33. The lowest BCUT2D eigenvalue weighted by Gasteiger charge is -2.22. The van der Waals surface area contributed by atoms with Crippen LogP contribution in [0.1, 0.15) is 12.5 Å². The van der Waals surface area contributed by atoms with Crippen molar-refractivity contribution in [1.29, 1.82) is 0 Å². The fourth-order valence-electron chi connectivity index (χ4n) is 3.65. The lowest BCUT2D eigenvalue weighted by molar-refractivity contribution is 0.114. The maximum atomic E-state index is 6.29. The SMILES string of the molecule is COc1cc(OC)cc(-c2cc3cc(C4=CNC(OC)C(C)=C4)ccc3nc2N)c1. The first kappa shape index (κ1) is 19.8. The molecule has 0 bridgehead atoms. The molecule has 1 aromatic heterocycles. The van der Waals surface area contributed by atoms with Crippen LogP contribution in [0.15, 0.2) is 60.3 Å².